The summed E-state index contributed by atoms with van der Waals surface area (Å²) in [7, 11) is 1.63. The van der Waals surface area contributed by atoms with Crippen molar-refractivity contribution in [3.05, 3.63) is 92.5 Å². The lowest BCUT2D eigenvalue weighted by Crippen LogP contribution is -2.49. The van der Waals surface area contributed by atoms with E-state index in [0.717, 1.165) is 29.7 Å². The van der Waals surface area contributed by atoms with Gasteiger partial charge in [-0.15, -0.1) is 5.92 Å². The number of aromatic nitrogens is 6. The molecule has 1 aliphatic heterocycles. The molecule has 0 aliphatic carbocycles. The van der Waals surface area contributed by atoms with E-state index in [1.807, 2.05) is 84.8 Å². The summed E-state index contributed by atoms with van der Waals surface area (Å²) < 4.78 is 11.9. The Kier molecular flexibility index (Phi) is 8.64. The topological polar surface area (TPSA) is 121 Å². The molecule has 1 saturated heterocycles. The summed E-state index contributed by atoms with van der Waals surface area (Å²) in [6.45, 7) is 8.57. The highest BCUT2D eigenvalue weighted by Gasteiger charge is 2.29. The van der Waals surface area contributed by atoms with Gasteiger partial charge in [0, 0.05) is 38.8 Å². The first-order valence-corrected chi connectivity index (χ1v) is 15.9. The molecular formula is C35H40N8O4. The first-order valence-electron chi connectivity index (χ1n) is 15.9. The molecule has 4 aromatic heterocycles. The Morgan fingerprint density at radius 1 is 1.06 bits per heavy atom. The SMILES string of the molecule is CC#CCn1c(N2CCCC(NC(=O)OC(C)(C)C)C2)nc2c1c(=O)n(Cc1nc3ccccn3c1Cc1ccccc1)c(=O)n2C. The van der Waals surface area contributed by atoms with Crippen LogP contribution in [-0.2, 0) is 31.3 Å². The van der Waals surface area contributed by atoms with E-state index >= 15 is 0 Å². The number of rotatable bonds is 7. The Labute approximate surface area is 272 Å². The molecule has 0 saturated carbocycles. The smallest absolute Gasteiger partial charge is 0.407 e. The van der Waals surface area contributed by atoms with Gasteiger partial charge in [0.2, 0.25) is 5.95 Å². The van der Waals surface area contributed by atoms with Gasteiger partial charge in [-0.3, -0.25) is 18.5 Å². The lowest BCUT2D eigenvalue weighted by atomic mass is 10.1. The highest BCUT2D eigenvalue weighted by Crippen LogP contribution is 2.24. The van der Waals surface area contributed by atoms with E-state index in [1.165, 1.54) is 9.13 Å². The van der Waals surface area contributed by atoms with Gasteiger partial charge in [0.05, 0.1) is 24.5 Å². The molecule has 1 fully saturated rings. The number of anilines is 1. The van der Waals surface area contributed by atoms with Gasteiger partial charge in [0.25, 0.3) is 5.56 Å². The van der Waals surface area contributed by atoms with E-state index in [4.69, 9.17) is 14.7 Å². The molecule has 1 amide bonds. The van der Waals surface area contributed by atoms with Crippen molar-refractivity contribution in [3.8, 4) is 11.8 Å². The summed E-state index contributed by atoms with van der Waals surface area (Å²) >= 11 is 0. The number of ether oxygens (including phenoxy) is 1. The second-order valence-electron chi connectivity index (χ2n) is 12.9. The average molecular weight is 637 g/mol. The fourth-order valence-electron chi connectivity index (χ4n) is 6.15. The molecule has 1 aromatic carbocycles. The van der Waals surface area contributed by atoms with Gasteiger partial charge in [0.15, 0.2) is 11.2 Å². The number of nitrogens with one attached hydrogen (secondary N) is 1. The van der Waals surface area contributed by atoms with E-state index in [9.17, 15) is 14.4 Å². The normalized spacial score (nSPS) is 15.1. The van der Waals surface area contributed by atoms with E-state index in [0.29, 0.717) is 36.7 Å². The molecule has 244 valence electrons. The van der Waals surface area contributed by atoms with Gasteiger partial charge in [-0.25, -0.2) is 14.6 Å². The fraction of sp³-hybridized carbons (Fsp3) is 0.400. The minimum absolute atomic E-state index is 0.00312. The van der Waals surface area contributed by atoms with Gasteiger partial charge < -0.3 is 19.4 Å². The van der Waals surface area contributed by atoms with E-state index in [1.54, 1.807) is 18.5 Å². The van der Waals surface area contributed by atoms with Crippen molar-refractivity contribution >= 4 is 28.9 Å². The number of hydrogen-bond donors (Lipinski definition) is 1. The molecular weight excluding hydrogens is 596 g/mol. The first-order chi connectivity index (χ1) is 22.5. The minimum Gasteiger partial charge on any atom is -0.444 e. The number of nitrogens with zero attached hydrogens (tertiary/aromatic N) is 7. The molecule has 0 spiro atoms. The number of piperidine rings is 1. The van der Waals surface area contributed by atoms with E-state index < -0.39 is 22.9 Å². The lowest BCUT2D eigenvalue weighted by molar-refractivity contribution is 0.0499. The number of hydrogen-bond acceptors (Lipinski definition) is 7. The maximum Gasteiger partial charge on any atom is 0.407 e. The lowest BCUT2D eigenvalue weighted by Gasteiger charge is -2.34. The number of carbonyl (C=O) groups excluding carboxylic acids is 1. The van der Waals surface area contributed by atoms with Gasteiger partial charge in [-0.1, -0.05) is 42.3 Å². The average Bonchev–Trinajstić information content (AvgIpc) is 3.59. The Morgan fingerprint density at radius 3 is 2.57 bits per heavy atom. The molecule has 1 atom stereocenters. The van der Waals surface area contributed by atoms with Crippen molar-refractivity contribution in [2.75, 3.05) is 18.0 Å². The van der Waals surface area contributed by atoms with Crippen LogP contribution in [0.25, 0.3) is 16.8 Å². The Bertz CT molecular complexity index is 2120. The fourth-order valence-corrected chi connectivity index (χ4v) is 6.15. The van der Waals surface area contributed by atoms with Crippen molar-refractivity contribution in [1.82, 2.24) is 33.4 Å². The summed E-state index contributed by atoms with van der Waals surface area (Å²) in [5.41, 5.74) is 2.41. The van der Waals surface area contributed by atoms with Crippen LogP contribution in [0.1, 0.15) is 57.5 Å². The second kappa shape index (κ2) is 12.8. The molecule has 12 nitrogen and oxygen atoms in total. The van der Waals surface area contributed by atoms with Gasteiger partial charge in [-0.2, -0.15) is 4.98 Å². The largest absolute Gasteiger partial charge is 0.444 e. The number of carbonyl (C=O) groups is 1. The maximum absolute atomic E-state index is 14.3. The number of pyridine rings is 1. The Balaban J connectivity index is 1.41. The number of imidazole rings is 2. The number of benzene rings is 1. The molecule has 1 N–H and O–H groups in total. The Hall–Kier alpha value is -5.31. The zero-order valence-corrected chi connectivity index (χ0v) is 27.5. The monoisotopic (exact) mass is 636 g/mol. The second-order valence-corrected chi connectivity index (χ2v) is 12.9. The van der Waals surface area contributed by atoms with Crippen molar-refractivity contribution in [1.29, 1.82) is 0 Å². The van der Waals surface area contributed by atoms with Crippen LogP contribution in [0, 0.1) is 11.8 Å². The molecule has 47 heavy (non-hydrogen) atoms. The molecule has 5 aromatic rings. The minimum atomic E-state index is -0.610. The summed E-state index contributed by atoms with van der Waals surface area (Å²) in [5, 5.41) is 2.98. The number of aryl methyl sites for hydroxylation is 1. The van der Waals surface area contributed by atoms with Gasteiger partial charge in [-0.05, 0) is 58.2 Å². The highest BCUT2D eigenvalue weighted by atomic mass is 16.6. The third kappa shape index (κ3) is 6.52. The number of fused-ring (bicyclic) bond motifs is 2. The van der Waals surface area contributed by atoms with E-state index in [-0.39, 0.29) is 24.8 Å². The highest BCUT2D eigenvalue weighted by molar-refractivity contribution is 5.75. The molecule has 0 bridgehead atoms. The Morgan fingerprint density at radius 2 is 1.83 bits per heavy atom. The van der Waals surface area contributed by atoms with E-state index in [2.05, 4.69) is 17.2 Å². The summed E-state index contributed by atoms with van der Waals surface area (Å²) in [4.78, 5) is 52.4. The molecule has 1 unspecified atom stereocenters. The molecule has 0 radical (unpaired) electrons. The van der Waals surface area contributed by atoms with Crippen LogP contribution in [0.3, 0.4) is 0 Å². The van der Waals surface area contributed by atoms with Crippen LogP contribution in [0.4, 0.5) is 10.7 Å². The maximum atomic E-state index is 14.3. The molecule has 6 rings (SSSR count). The zero-order chi connectivity index (χ0) is 33.3. The molecule has 1 aliphatic rings. The number of amides is 1. The number of alkyl carbamates (subject to hydrolysis) is 1. The van der Waals surface area contributed by atoms with Crippen LogP contribution < -0.4 is 21.5 Å². The molecule has 12 heteroatoms. The predicted octanol–water partition coefficient (Wildman–Crippen LogP) is 3.70. The summed E-state index contributed by atoms with van der Waals surface area (Å²) in [5.74, 6) is 6.53. The summed E-state index contributed by atoms with van der Waals surface area (Å²) in [6, 6.07) is 15.6. The van der Waals surface area contributed by atoms with Crippen LogP contribution >= 0.6 is 0 Å². The van der Waals surface area contributed by atoms with Crippen molar-refractivity contribution in [2.24, 2.45) is 7.05 Å². The van der Waals surface area contributed by atoms with Crippen LogP contribution in [0.15, 0.2) is 64.3 Å². The standard InChI is InChI=1S/C35H40N8O4/c1-6-7-19-42-29-30(38-32(42)40-18-13-16-25(22-40)36-33(45)47-35(2,3)4)39(5)34(46)43(31(29)44)23-26-27(21-24-14-9-8-10-15-24)41-20-12-11-17-28(41)37-26/h8-12,14-15,17,20,25H,13,16,18-19,21-23H2,1-5H3,(H,36,45). The van der Waals surface area contributed by atoms with Crippen molar-refractivity contribution in [2.45, 2.75) is 71.7 Å². The predicted molar refractivity (Wildman–Crippen MR) is 181 cm³/mol. The zero-order valence-electron chi connectivity index (χ0n) is 27.5. The summed E-state index contributed by atoms with van der Waals surface area (Å²) in [6.07, 6.45) is 3.63. The van der Waals surface area contributed by atoms with Crippen LogP contribution in [0.2, 0.25) is 0 Å². The van der Waals surface area contributed by atoms with Crippen LogP contribution in [0.5, 0.6) is 0 Å². The first kappa shape index (κ1) is 31.7. The quantitative estimate of drug-likeness (QED) is 0.271. The van der Waals surface area contributed by atoms with Crippen molar-refractivity contribution < 1.29 is 9.53 Å². The van der Waals surface area contributed by atoms with Crippen molar-refractivity contribution in [3.63, 3.8) is 0 Å². The van der Waals surface area contributed by atoms with Gasteiger partial charge in [0.1, 0.15) is 11.2 Å². The van der Waals surface area contributed by atoms with Crippen LogP contribution in [-0.4, -0.2) is 58.9 Å². The van der Waals surface area contributed by atoms with Gasteiger partial charge >= 0.3 is 11.8 Å². The molecule has 5 heterocycles. The third-order valence-corrected chi connectivity index (χ3v) is 8.29. The third-order valence-electron chi connectivity index (χ3n) is 8.29.